The van der Waals surface area contributed by atoms with Crippen molar-refractivity contribution in [2.45, 2.75) is 33.6 Å². The van der Waals surface area contributed by atoms with Crippen molar-refractivity contribution in [2.24, 2.45) is 0 Å². The molecule has 0 aliphatic carbocycles. The van der Waals surface area contributed by atoms with Gasteiger partial charge in [0, 0.05) is 24.7 Å². The van der Waals surface area contributed by atoms with Crippen molar-refractivity contribution in [3.63, 3.8) is 0 Å². The predicted octanol–water partition coefficient (Wildman–Crippen LogP) is 6.04. The van der Waals surface area contributed by atoms with Crippen LogP contribution in [0.4, 0.5) is 0 Å². The van der Waals surface area contributed by atoms with Crippen LogP contribution in [0.2, 0.25) is 0 Å². The molecule has 9 nitrogen and oxygen atoms in total. The highest BCUT2D eigenvalue weighted by molar-refractivity contribution is 7.51. The molecule has 3 N–H and O–H groups in total. The van der Waals surface area contributed by atoms with Gasteiger partial charge in [-0.25, -0.2) is 0 Å². The first-order valence-corrected chi connectivity index (χ1v) is 16.1. The SMILES string of the molecule is Cc1cc(CNCCP(=O)(O)O)c(OCc2cccc(C#N)c2)cc1OCc1cccc(-c2ccc3c(c2)OCCO3)c1C. The van der Waals surface area contributed by atoms with Gasteiger partial charge in [-0.2, -0.15) is 5.26 Å². The summed E-state index contributed by atoms with van der Waals surface area (Å²) in [5, 5.41) is 12.4. The summed E-state index contributed by atoms with van der Waals surface area (Å²) in [7, 11) is -4.10. The Morgan fingerprint density at radius 3 is 2.45 bits per heavy atom. The lowest BCUT2D eigenvalue weighted by molar-refractivity contribution is 0.171. The molecule has 0 aromatic heterocycles. The maximum absolute atomic E-state index is 11.3. The van der Waals surface area contributed by atoms with Crippen LogP contribution >= 0.6 is 7.60 Å². The Hall–Kier alpha value is -4.32. The van der Waals surface area contributed by atoms with E-state index in [2.05, 4.69) is 24.4 Å². The molecule has 5 rings (SSSR count). The lowest BCUT2D eigenvalue weighted by Crippen LogP contribution is -2.18. The van der Waals surface area contributed by atoms with E-state index >= 15 is 0 Å². The topological polar surface area (TPSA) is 130 Å². The monoisotopic (exact) mass is 614 g/mol. The number of nitrogens with zero attached hydrogens (tertiary/aromatic N) is 1. The number of hydrogen-bond donors (Lipinski definition) is 3. The average molecular weight is 615 g/mol. The van der Waals surface area contributed by atoms with Gasteiger partial charge < -0.3 is 34.1 Å². The number of nitrogens with one attached hydrogen (secondary N) is 1. The standard InChI is InChI=1S/C34H35N2O7P/c1-23-15-29(20-36-11-14-44(37,38)39)33(42-21-26-6-3-5-25(16-26)19-35)18-32(23)43-22-28-7-4-8-30(24(28)2)27-9-10-31-34(17-27)41-13-12-40-31/h3-10,15-18,36H,11-14,20-22H2,1-2H3,(H2,37,38,39). The van der Waals surface area contributed by atoms with Crippen LogP contribution < -0.4 is 24.3 Å². The van der Waals surface area contributed by atoms with E-state index in [1.165, 1.54) is 0 Å². The molecule has 44 heavy (non-hydrogen) atoms. The maximum atomic E-state index is 11.3. The van der Waals surface area contributed by atoms with E-state index in [-0.39, 0.29) is 19.3 Å². The normalized spacial score (nSPS) is 12.4. The van der Waals surface area contributed by atoms with Gasteiger partial charge in [0.2, 0.25) is 0 Å². The molecule has 4 aromatic rings. The summed E-state index contributed by atoms with van der Waals surface area (Å²) < 4.78 is 35.3. The van der Waals surface area contributed by atoms with Crippen molar-refractivity contribution >= 4 is 7.60 Å². The molecule has 0 spiro atoms. The van der Waals surface area contributed by atoms with E-state index in [9.17, 15) is 19.6 Å². The highest BCUT2D eigenvalue weighted by Gasteiger charge is 2.16. The third kappa shape index (κ3) is 7.98. The molecular weight excluding hydrogens is 579 g/mol. The molecule has 0 fully saturated rings. The quantitative estimate of drug-likeness (QED) is 0.129. The first-order chi connectivity index (χ1) is 21.2. The summed E-state index contributed by atoms with van der Waals surface area (Å²) in [6.45, 7) is 6.20. The highest BCUT2D eigenvalue weighted by Crippen LogP contribution is 2.37. The predicted molar refractivity (Wildman–Crippen MR) is 167 cm³/mol. The van der Waals surface area contributed by atoms with Gasteiger partial charge in [0.05, 0.1) is 17.8 Å². The lowest BCUT2D eigenvalue weighted by Gasteiger charge is -2.20. The Morgan fingerprint density at radius 1 is 0.886 bits per heavy atom. The van der Waals surface area contributed by atoms with Crippen LogP contribution in [0.5, 0.6) is 23.0 Å². The summed E-state index contributed by atoms with van der Waals surface area (Å²) in [6, 6.07) is 25.3. The zero-order valence-electron chi connectivity index (χ0n) is 24.7. The third-order valence-electron chi connectivity index (χ3n) is 7.39. The van der Waals surface area contributed by atoms with Crippen LogP contribution in [0.15, 0.2) is 72.8 Å². The number of fused-ring (bicyclic) bond motifs is 1. The number of benzene rings is 4. The number of ether oxygens (including phenoxy) is 4. The molecule has 1 aliphatic rings. The van der Waals surface area contributed by atoms with Crippen LogP contribution in [0.25, 0.3) is 11.1 Å². The molecule has 1 aliphatic heterocycles. The first-order valence-electron chi connectivity index (χ1n) is 14.3. The lowest BCUT2D eigenvalue weighted by atomic mass is 9.96. The second-order valence-corrected chi connectivity index (χ2v) is 12.4. The Labute approximate surface area is 257 Å². The average Bonchev–Trinajstić information content (AvgIpc) is 3.02. The van der Waals surface area contributed by atoms with Gasteiger partial charge in [-0.05, 0) is 77.6 Å². The molecule has 0 amide bonds. The van der Waals surface area contributed by atoms with Crippen LogP contribution in [-0.2, 0) is 24.3 Å². The fourth-order valence-electron chi connectivity index (χ4n) is 5.02. The number of aryl methyl sites for hydroxylation is 1. The van der Waals surface area contributed by atoms with Crippen LogP contribution in [0.3, 0.4) is 0 Å². The second-order valence-electron chi connectivity index (χ2n) is 10.6. The molecule has 0 radical (unpaired) electrons. The molecule has 0 atom stereocenters. The zero-order chi connectivity index (χ0) is 31.1. The Balaban J connectivity index is 1.35. The summed E-state index contributed by atoms with van der Waals surface area (Å²) in [5.41, 5.74) is 7.38. The maximum Gasteiger partial charge on any atom is 0.326 e. The van der Waals surface area contributed by atoms with Gasteiger partial charge in [-0.1, -0.05) is 36.4 Å². The fourth-order valence-corrected chi connectivity index (χ4v) is 5.47. The molecular formula is C34H35N2O7P. The number of hydrogen-bond acceptors (Lipinski definition) is 7. The molecule has 10 heteroatoms. The van der Waals surface area contributed by atoms with Gasteiger partial charge in [-0.3, -0.25) is 4.57 Å². The van der Waals surface area contributed by atoms with E-state index in [4.69, 9.17) is 18.9 Å². The molecule has 228 valence electrons. The van der Waals surface area contributed by atoms with Crippen molar-refractivity contribution in [3.05, 3.63) is 106 Å². The molecule has 0 saturated carbocycles. The Bertz CT molecular complexity index is 1730. The smallest absolute Gasteiger partial charge is 0.326 e. The second kappa shape index (κ2) is 14.0. The van der Waals surface area contributed by atoms with Crippen LogP contribution in [0, 0.1) is 25.2 Å². The van der Waals surface area contributed by atoms with Gasteiger partial charge in [0.1, 0.15) is 37.9 Å². The Morgan fingerprint density at radius 2 is 1.66 bits per heavy atom. The molecule has 0 saturated heterocycles. The van der Waals surface area contributed by atoms with E-state index in [0.29, 0.717) is 43.4 Å². The van der Waals surface area contributed by atoms with Gasteiger partial charge in [-0.15, -0.1) is 0 Å². The minimum atomic E-state index is -4.10. The Kier molecular flexibility index (Phi) is 9.89. The van der Waals surface area contributed by atoms with Crippen LogP contribution in [-0.4, -0.2) is 35.7 Å². The first kappa shape index (κ1) is 31.1. The summed E-state index contributed by atoms with van der Waals surface area (Å²) in [4.78, 5) is 18.4. The van der Waals surface area contributed by atoms with Crippen molar-refractivity contribution in [1.82, 2.24) is 5.32 Å². The van der Waals surface area contributed by atoms with Crippen molar-refractivity contribution in [1.29, 1.82) is 5.26 Å². The van der Waals surface area contributed by atoms with Gasteiger partial charge >= 0.3 is 7.60 Å². The van der Waals surface area contributed by atoms with E-state index < -0.39 is 7.60 Å². The minimum Gasteiger partial charge on any atom is -0.488 e. The number of rotatable bonds is 12. The minimum absolute atomic E-state index is 0.157. The fraction of sp³-hybridized carbons (Fsp3) is 0.265. The summed E-state index contributed by atoms with van der Waals surface area (Å²) in [6.07, 6.45) is -0.255. The van der Waals surface area contributed by atoms with E-state index in [1.54, 1.807) is 12.1 Å². The summed E-state index contributed by atoms with van der Waals surface area (Å²) in [5.74, 6) is 2.74. The van der Waals surface area contributed by atoms with E-state index in [0.717, 1.165) is 50.4 Å². The third-order valence-corrected chi connectivity index (χ3v) is 8.19. The van der Waals surface area contributed by atoms with E-state index in [1.807, 2.05) is 61.5 Å². The number of nitriles is 1. The molecule has 1 heterocycles. The zero-order valence-corrected chi connectivity index (χ0v) is 25.6. The largest absolute Gasteiger partial charge is 0.488 e. The molecule has 0 unspecified atom stereocenters. The van der Waals surface area contributed by atoms with Crippen molar-refractivity contribution in [3.8, 4) is 40.2 Å². The molecule has 0 bridgehead atoms. The summed E-state index contributed by atoms with van der Waals surface area (Å²) >= 11 is 0. The molecule has 4 aromatic carbocycles. The van der Waals surface area contributed by atoms with Gasteiger partial charge in [0.25, 0.3) is 0 Å². The van der Waals surface area contributed by atoms with Gasteiger partial charge in [0.15, 0.2) is 11.5 Å². The van der Waals surface area contributed by atoms with Crippen molar-refractivity contribution in [2.75, 3.05) is 25.9 Å². The van der Waals surface area contributed by atoms with Crippen molar-refractivity contribution < 1.29 is 33.3 Å². The van der Waals surface area contributed by atoms with Crippen LogP contribution in [0.1, 0.15) is 33.4 Å². The highest BCUT2D eigenvalue weighted by atomic mass is 31.2.